The van der Waals surface area contributed by atoms with Crippen LogP contribution in [-0.2, 0) is 10.0 Å². The smallest absolute Gasteiger partial charge is 0.238 e. The number of ether oxygens (including phenoxy) is 2. The monoisotopic (exact) mass is 624 g/mol. The van der Waals surface area contributed by atoms with E-state index in [1.807, 2.05) is 12.1 Å². The number of fused-ring (bicyclic) bond motifs is 3. The summed E-state index contributed by atoms with van der Waals surface area (Å²) in [5.41, 5.74) is 2.37. The number of aromatic nitrogens is 3. The van der Waals surface area contributed by atoms with Crippen molar-refractivity contribution in [3.05, 3.63) is 42.7 Å². The van der Waals surface area contributed by atoms with Gasteiger partial charge in [-0.1, -0.05) is 0 Å². The van der Waals surface area contributed by atoms with E-state index in [0.717, 1.165) is 40.8 Å². The molecule has 4 N–H and O–H groups in total. The summed E-state index contributed by atoms with van der Waals surface area (Å²) in [4.78, 5) is 19.5. The van der Waals surface area contributed by atoms with Gasteiger partial charge in [0.05, 0.1) is 22.9 Å². The molecule has 2 aliphatic heterocycles. The van der Waals surface area contributed by atoms with E-state index in [1.54, 1.807) is 25.6 Å². The van der Waals surface area contributed by atoms with Crippen LogP contribution in [0.4, 0.5) is 11.5 Å². The number of hydrogen-bond acceptors (Lipinski definition) is 9. The minimum atomic E-state index is -3.75. The zero-order valence-electron chi connectivity index (χ0n) is 24.2. The number of H-pyrrole nitrogens is 1. The molecule has 2 fully saturated rings. The van der Waals surface area contributed by atoms with E-state index in [4.69, 9.17) is 26.8 Å². The van der Waals surface area contributed by atoms with Gasteiger partial charge >= 0.3 is 0 Å². The highest BCUT2D eigenvalue weighted by Gasteiger charge is 2.25. The number of sulfonamides is 1. The van der Waals surface area contributed by atoms with Gasteiger partial charge in [-0.15, -0.1) is 0 Å². The lowest BCUT2D eigenvalue weighted by Gasteiger charge is -2.37. The maximum atomic E-state index is 11.5. The molecule has 0 amide bonds. The number of piperazine rings is 1. The van der Waals surface area contributed by atoms with Crippen LogP contribution in [-0.4, -0.2) is 97.3 Å². The third-order valence-corrected chi connectivity index (χ3v) is 9.57. The van der Waals surface area contributed by atoms with Gasteiger partial charge in [0.25, 0.3) is 0 Å². The molecular weight excluding hydrogens is 589 g/mol. The van der Waals surface area contributed by atoms with Crippen molar-refractivity contribution in [1.82, 2.24) is 24.8 Å². The summed E-state index contributed by atoms with van der Waals surface area (Å²) < 4.78 is 35.0. The molecule has 14 heteroatoms. The Kier molecular flexibility index (Phi) is 8.27. The molecule has 12 nitrogen and oxygen atoms in total. The lowest BCUT2D eigenvalue weighted by molar-refractivity contribution is 0.200. The number of hydrogen-bond donors (Lipinski definition) is 3. The summed E-state index contributed by atoms with van der Waals surface area (Å²) in [5.74, 6) is 2.24. The van der Waals surface area contributed by atoms with E-state index in [1.165, 1.54) is 25.0 Å². The molecule has 2 saturated heterocycles. The van der Waals surface area contributed by atoms with E-state index in [0.29, 0.717) is 61.1 Å². The second-order valence-corrected chi connectivity index (χ2v) is 12.9. The molecule has 0 aliphatic carbocycles. The number of methoxy groups -OCH3 is 1. The minimum Gasteiger partial charge on any atom is -0.493 e. The van der Waals surface area contributed by atoms with Crippen LogP contribution in [0, 0.1) is 0 Å². The van der Waals surface area contributed by atoms with Gasteiger partial charge in [0.1, 0.15) is 24.4 Å². The number of nitrogens with one attached hydrogen (secondary N) is 2. The standard InChI is InChI=1S/C29H36N8O4S2/c1-19-4-3-9-35(19)14-15-41-25-17-23-22(16-24(25)40-2)26-27(34-23)31-18-32-28(26)36-10-12-37(13-11-36)29(42)33-20-5-7-21(8-6-20)43(30,38)39/h5-8,16-19H,3-4,9-15H2,1-2H3,(H,33,42)(H2,30,38,39)(H,31,32,34). The van der Waals surface area contributed by atoms with Gasteiger partial charge in [0.2, 0.25) is 10.0 Å². The molecule has 0 saturated carbocycles. The highest BCUT2D eigenvalue weighted by Crippen LogP contribution is 2.38. The van der Waals surface area contributed by atoms with Gasteiger partial charge in [-0.05, 0) is 68.9 Å². The fraction of sp³-hybridized carbons (Fsp3) is 0.414. The second-order valence-electron chi connectivity index (χ2n) is 10.9. The third kappa shape index (κ3) is 6.18. The summed E-state index contributed by atoms with van der Waals surface area (Å²) >= 11 is 5.65. The summed E-state index contributed by atoms with van der Waals surface area (Å²) in [5, 5.41) is 10.9. The lowest BCUT2D eigenvalue weighted by Crippen LogP contribution is -2.50. The van der Waals surface area contributed by atoms with Crippen LogP contribution >= 0.6 is 12.2 Å². The molecule has 228 valence electrons. The van der Waals surface area contributed by atoms with Crippen LogP contribution in [0.5, 0.6) is 11.5 Å². The van der Waals surface area contributed by atoms with Gasteiger partial charge in [0.15, 0.2) is 16.6 Å². The van der Waals surface area contributed by atoms with E-state index in [2.05, 4.69) is 41.9 Å². The number of anilines is 2. The van der Waals surface area contributed by atoms with Crippen molar-refractivity contribution in [2.75, 3.05) is 63.2 Å². The molecule has 1 atom stereocenters. The summed E-state index contributed by atoms with van der Waals surface area (Å²) in [7, 11) is -2.08. The quantitative estimate of drug-likeness (QED) is 0.249. The number of benzene rings is 2. The lowest BCUT2D eigenvalue weighted by atomic mass is 10.1. The maximum absolute atomic E-state index is 11.5. The molecule has 43 heavy (non-hydrogen) atoms. The predicted molar refractivity (Wildman–Crippen MR) is 172 cm³/mol. The summed E-state index contributed by atoms with van der Waals surface area (Å²) in [6, 6.07) is 10.8. The SMILES string of the molecule is COc1cc2c(cc1OCCN1CCCC1C)[nH]c1ncnc(N3CCN(C(=S)Nc4ccc(S(N)(=O)=O)cc4)CC3)c12. The van der Waals surface area contributed by atoms with Crippen LogP contribution in [0.15, 0.2) is 47.6 Å². The first-order valence-electron chi connectivity index (χ1n) is 14.4. The third-order valence-electron chi connectivity index (χ3n) is 8.28. The second kappa shape index (κ2) is 12.1. The van der Waals surface area contributed by atoms with Crippen LogP contribution < -0.4 is 24.8 Å². The molecule has 0 spiro atoms. The first-order chi connectivity index (χ1) is 20.7. The largest absolute Gasteiger partial charge is 0.493 e. The first kappa shape index (κ1) is 29.4. The Morgan fingerprint density at radius 1 is 1.12 bits per heavy atom. The topological polar surface area (TPSA) is 142 Å². The zero-order valence-corrected chi connectivity index (χ0v) is 25.9. The van der Waals surface area contributed by atoms with Crippen molar-refractivity contribution in [1.29, 1.82) is 0 Å². The molecule has 4 aromatic rings. The van der Waals surface area contributed by atoms with Crippen molar-refractivity contribution in [2.45, 2.75) is 30.7 Å². The molecule has 2 aromatic carbocycles. The Balaban J connectivity index is 1.15. The fourth-order valence-corrected chi connectivity index (χ4v) is 6.69. The number of aromatic amines is 1. The molecule has 1 unspecified atom stereocenters. The molecular formula is C29H36N8O4S2. The number of rotatable bonds is 8. The Morgan fingerprint density at radius 3 is 2.56 bits per heavy atom. The number of primary sulfonamides is 1. The van der Waals surface area contributed by atoms with Crippen LogP contribution in [0.3, 0.4) is 0 Å². The van der Waals surface area contributed by atoms with Gasteiger partial charge in [-0.2, -0.15) is 0 Å². The van der Waals surface area contributed by atoms with Crippen molar-refractivity contribution in [3.63, 3.8) is 0 Å². The van der Waals surface area contributed by atoms with Gasteiger partial charge in [-0.25, -0.2) is 23.5 Å². The van der Waals surface area contributed by atoms with Crippen molar-refractivity contribution in [2.24, 2.45) is 5.14 Å². The first-order valence-corrected chi connectivity index (χ1v) is 16.3. The van der Waals surface area contributed by atoms with Crippen molar-refractivity contribution < 1.29 is 17.9 Å². The van der Waals surface area contributed by atoms with Crippen molar-refractivity contribution in [3.8, 4) is 11.5 Å². The molecule has 2 aromatic heterocycles. The Bertz CT molecular complexity index is 1740. The average molecular weight is 625 g/mol. The summed E-state index contributed by atoms with van der Waals surface area (Å²) in [6.07, 6.45) is 4.07. The minimum absolute atomic E-state index is 0.0552. The van der Waals surface area contributed by atoms with Crippen LogP contribution in [0.2, 0.25) is 0 Å². The molecule has 0 bridgehead atoms. The molecule has 2 aliphatic rings. The zero-order chi connectivity index (χ0) is 30.1. The van der Waals surface area contributed by atoms with Crippen LogP contribution in [0.1, 0.15) is 19.8 Å². The van der Waals surface area contributed by atoms with Crippen LogP contribution in [0.25, 0.3) is 21.9 Å². The highest BCUT2D eigenvalue weighted by atomic mass is 32.2. The Labute approximate surface area is 256 Å². The van der Waals surface area contributed by atoms with Crippen molar-refractivity contribution >= 4 is 60.8 Å². The van der Waals surface area contributed by atoms with E-state index < -0.39 is 10.0 Å². The molecule has 4 heterocycles. The number of nitrogens with zero attached hydrogens (tertiary/aromatic N) is 5. The van der Waals surface area contributed by atoms with E-state index in [9.17, 15) is 8.42 Å². The maximum Gasteiger partial charge on any atom is 0.238 e. The average Bonchev–Trinajstić information content (AvgIpc) is 3.58. The Hall–Kier alpha value is -3.72. The van der Waals surface area contributed by atoms with E-state index in [-0.39, 0.29) is 4.90 Å². The molecule has 6 rings (SSSR count). The van der Waals surface area contributed by atoms with Gasteiger partial charge in [-0.3, -0.25) is 4.90 Å². The number of nitrogens with two attached hydrogens (primary N) is 1. The summed E-state index contributed by atoms with van der Waals surface area (Å²) in [6.45, 7) is 7.67. The normalized spacial score (nSPS) is 18.0. The Morgan fingerprint density at radius 2 is 1.88 bits per heavy atom. The van der Waals surface area contributed by atoms with Gasteiger partial charge < -0.3 is 29.6 Å². The predicted octanol–water partition coefficient (Wildman–Crippen LogP) is 3.15. The molecule has 0 radical (unpaired) electrons. The number of thiocarbonyl (C=S) groups is 1. The van der Waals surface area contributed by atoms with E-state index >= 15 is 0 Å². The fourth-order valence-electron chi connectivity index (χ4n) is 5.88. The number of likely N-dealkylation sites (tertiary alicyclic amines) is 1. The van der Waals surface area contributed by atoms with Gasteiger partial charge in [0, 0.05) is 55.9 Å². The highest BCUT2D eigenvalue weighted by molar-refractivity contribution is 7.89.